The molecular formula is C32H34FN7O2. The lowest BCUT2D eigenvalue weighted by atomic mass is 9.88. The van der Waals surface area contributed by atoms with Crippen molar-refractivity contribution in [3.8, 4) is 11.3 Å². The number of pyridine rings is 3. The van der Waals surface area contributed by atoms with E-state index in [0.29, 0.717) is 45.9 Å². The maximum atomic E-state index is 15.4. The van der Waals surface area contributed by atoms with E-state index in [4.69, 9.17) is 0 Å². The molecule has 2 saturated heterocycles. The molecule has 1 amide bonds. The molecule has 2 aliphatic heterocycles. The van der Waals surface area contributed by atoms with Gasteiger partial charge in [-0.1, -0.05) is 19.3 Å². The maximum absolute atomic E-state index is 15.4. The molecular weight excluding hydrogens is 533 g/mol. The number of anilines is 4. The van der Waals surface area contributed by atoms with Crippen molar-refractivity contribution in [3.63, 3.8) is 0 Å². The summed E-state index contributed by atoms with van der Waals surface area (Å²) in [5.41, 5.74) is 2.73. The fourth-order valence-corrected chi connectivity index (χ4v) is 6.63. The minimum atomic E-state index is -0.508. The van der Waals surface area contributed by atoms with Crippen molar-refractivity contribution in [2.24, 2.45) is 5.92 Å². The van der Waals surface area contributed by atoms with E-state index in [1.54, 1.807) is 24.3 Å². The van der Waals surface area contributed by atoms with Gasteiger partial charge in [-0.25, -0.2) is 14.4 Å². The van der Waals surface area contributed by atoms with Gasteiger partial charge in [0.05, 0.1) is 34.2 Å². The number of piperazine rings is 1. The van der Waals surface area contributed by atoms with Crippen LogP contribution < -0.4 is 26.4 Å². The zero-order chi connectivity index (χ0) is 28.6. The fraction of sp³-hybridized carbons (Fsp3) is 0.375. The minimum absolute atomic E-state index is 0.0231. The third kappa shape index (κ3) is 5.34. The number of H-pyrrole nitrogens is 1. The first-order valence-corrected chi connectivity index (χ1v) is 14.9. The van der Waals surface area contributed by atoms with Gasteiger partial charge in [0.25, 0.3) is 5.56 Å². The average molecular weight is 568 g/mol. The molecule has 0 radical (unpaired) electrons. The van der Waals surface area contributed by atoms with E-state index in [1.165, 1.54) is 25.1 Å². The highest BCUT2D eigenvalue weighted by Crippen LogP contribution is 2.32. The topological polar surface area (TPSA) is 115 Å². The van der Waals surface area contributed by atoms with Crippen LogP contribution in [0.5, 0.6) is 0 Å². The molecule has 4 aromatic rings. The normalized spacial score (nSPS) is 20.5. The minimum Gasteiger partial charge on any atom is -0.367 e. The molecule has 3 aliphatic rings. The van der Waals surface area contributed by atoms with Crippen molar-refractivity contribution >= 4 is 39.7 Å². The summed E-state index contributed by atoms with van der Waals surface area (Å²) >= 11 is 0. The first-order valence-electron chi connectivity index (χ1n) is 14.9. The summed E-state index contributed by atoms with van der Waals surface area (Å²) in [4.78, 5) is 39.8. The third-order valence-corrected chi connectivity index (χ3v) is 8.81. The number of aromatic nitrogens is 3. The second kappa shape index (κ2) is 11.2. The molecule has 10 heteroatoms. The van der Waals surface area contributed by atoms with Crippen molar-refractivity contribution in [1.82, 2.24) is 20.3 Å². The summed E-state index contributed by atoms with van der Waals surface area (Å²) in [5, 5.41) is 10.2. The summed E-state index contributed by atoms with van der Waals surface area (Å²) in [6, 6.07) is 13.0. The monoisotopic (exact) mass is 567 g/mol. The van der Waals surface area contributed by atoms with Crippen LogP contribution in [0.25, 0.3) is 22.2 Å². The van der Waals surface area contributed by atoms with Crippen molar-refractivity contribution in [3.05, 3.63) is 71.0 Å². The Morgan fingerprint density at radius 1 is 0.976 bits per heavy atom. The molecule has 2 atom stereocenters. The highest BCUT2D eigenvalue weighted by Gasteiger charge is 2.32. The first-order chi connectivity index (χ1) is 20.5. The molecule has 0 spiro atoms. The van der Waals surface area contributed by atoms with E-state index < -0.39 is 5.82 Å². The molecule has 1 aliphatic carbocycles. The van der Waals surface area contributed by atoms with Gasteiger partial charge in [0.1, 0.15) is 11.6 Å². The lowest BCUT2D eigenvalue weighted by Gasteiger charge is -2.34. The van der Waals surface area contributed by atoms with Crippen molar-refractivity contribution in [2.45, 2.75) is 57.0 Å². The first kappa shape index (κ1) is 26.6. The van der Waals surface area contributed by atoms with E-state index in [-0.39, 0.29) is 22.9 Å². The van der Waals surface area contributed by atoms with Crippen molar-refractivity contribution in [2.75, 3.05) is 28.6 Å². The summed E-state index contributed by atoms with van der Waals surface area (Å²) in [6.07, 6.45) is 10.8. The van der Waals surface area contributed by atoms with E-state index in [9.17, 15) is 9.59 Å². The van der Waals surface area contributed by atoms with Crippen LogP contribution >= 0.6 is 0 Å². The van der Waals surface area contributed by atoms with Crippen LogP contribution in [-0.2, 0) is 4.79 Å². The van der Waals surface area contributed by atoms with E-state index >= 15 is 4.39 Å². The third-order valence-electron chi connectivity index (χ3n) is 8.81. The molecule has 4 N–H and O–H groups in total. The number of aromatic amines is 1. The molecule has 7 rings (SSSR count). The number of carbonyl (C=O) groups is 1. The smallest absolute Gasteiger partial charge is 0.259 e. The molecule has 2 unspecified atom stereocenters. The lowest BCUT2D eigenvalue weighted by Crippen LogP contribution is -2.51. The Morgan fingerprint density at radius 2 is 1.79 bits per heavy atom. The van der Waals surface area contributed by atoms with Crippen LogP contribution in [0.1, 0.15) is 44.9 Å². The largest absolute Gasteiger partial charge is 0.367 e. The maximum Gasteiger partial charge on any atom is 0.259 e. The number of hydrogen-bond donors (Lipinski definition) is 4. The zero-order valence-corrected chi connectivity index (χ0v) is 23.3. The standard InChI is InChI=1S/C32H34FN7O2/c33-25-14-20(37-31(41)19-4-2-1-3-5-19)8-10-24(25)27-15-28(30-26(38-27)12-13-34-32(30)42)39-29-11-9-23(16-35-29)40-17-21-6-7-22(18-40)36-21/h8-16,19,21-22,36H,1-7,17-18H2,(H,34,42)(H,37,41)(H,35,38,39). The Labute approximate surface area is 243 Å². The number of hydrogen-bond acceptors (Lipinski definition) is 7. The number of nitrogens with one attached hydrogen (secondary N) is 4. The van der Waals surface area contributed by atoms with Gasteiger partial charge >= 0.3 is 0 Å². The van der Waals surface area contributed by atoms with Crippen LogP contribution in [-0.4, -0.2) is 46.0 Å². The second-order valence-corrected chi connectivity index (χ2v) is 11.7. The number of nitrogens with zero attached hydrogens (tertiary/aromatic N) is 3. The second-order valence-electron chi connectivity index (χ2n) is 11.7. The molecule has 42 heavy (non-hydrogen) atoms. The SMILES string of the molecule is O=C(Nc1ccc(-c2cc(Nc3ccc(N4CC5CCC(C4)N5)cn3)c3c(=O)[nH]ccc3n2)c(F)c1)C1CCCCC1. The molecule has 2 bridgehead atoms. The Morgan fingerprint density at radius 3 is 2.52 bits per heavy atom. The lowest BCUT2D eigenvalue weighted by molar-refractivity contribution is -0.120. The van der Waals surface area contributed by atoms with Gasteiger partial charge in [0.2, 0.25) is 5.91 Å². The van der Waals surface area contributed by atoms with Crippen LogP contribution in [0.15, 0.2) is 59.7 Å². The van der Waals surface area contributed by atoms with E-state index in [1.807, 2.05) is 18.3 Å². The van der Waals surface area contributed by atoms with Gasteiger partial charge in [-0.15, -0.1) is 0 Å². The predicted molar refractivity (Wildman–Crippen MR) is 163 cm³/mol. The molecule has 1 aromatic carbocycles. The fourth-order valence-electron chi connectivity index (χ4n) is 6.63. The quantitative estimate of drug-likeness (QED) is 0.249. The molecule has 9 nitrogen and oxygen atoms in total. The Hall–Kier alpha value is -4.31. The number of amides is 1. The Kier molecular flexibility index (Phi) is 7.07. The zero-order valence-electron chi connectivity index (χ0n) is 23.3. The van der Waals surface area contributed by atoms with Crippen LogP contribution in [0.2, 0.25) is 0 Å². The molecule has 5 heterocycles. The van der Waals surface area contributed by atoms with Gasteiger partial charge in [0.15, 0.2) is 0 Å². The Balaban J connectivity index is 1.15. The summed E-state index contributed by atoms with van der Waals surface area (Å²) < 4.78 is 15.4. The van der Waals surface area contributed by atoms with Gasteiger partial charge in [0, 0.05) is 48.5 Å². The van der Waals surface area contributed by atoms with Crippen LogP contribution in [0, 0.1) is 11.7 Å². The number of benzene rings is 1. The van der Waals surface area contributed by atoms with Crippen molar-refractivity contribution in [1.29, 1.82) is 0 Å². The Bertz CT molecular complexity index is 1670. The van der Waals surface area contributed by atoms with E-state index in [0.717, 1.165) is 50.9 Å². The number of carbonyl (C=O) groups excluding carboxylic acids is 1. The number of halogens is 1. The van der Waals surface area contributed by atoms with Crippen LogP contribution in [0.3, 0.4) is 0 Å². The number of rotatable bonds is 6. The van der Waals surface area contributed by atoms with Crippen LogP contribution in [0.4, 0.5) is 27.3 Å². The molecule has 3 aromatic heterocycles. The number of fused-ring (bicyclic) bond motifs is 3. The highest BCUT2D eigenvalue weighted by atomic mass is 19.1. The molecule has 3 fully saturated rings. The molecule has 1 saturated carbocycles. The van der Waals surface area contributed by atoms with Gasteiger partial charge in [-0.05, 0) is 68.1 Å². The van der Waals surface area contributed by atoms with Gasteiger partial charge < -0.3 is 25.8 Å². The van der Waals surface area contributed by atoms with Gasteiger partial charge in [-0.2, -0.15) is 0 Å². The summed E-state index contributed by atoms with van der Waals surface area (Å²) in [7, 11) is 0. The van der Waals surface area contributed by atoms with Crippen molar-refractivity contribution < 1.29 is 9.18 Å². The van der Waals surface area contributed by atoms with E-state index in [2.05, 4.69) is 35.8 Å². The predicted octanol–water partition coefficient (Wildman–Crippen LogP) is 5.33. The van der Waals surface area contributed by atoms with Gasteiger partial charge in [-0.3, -0.25) is 9.59 Å². The summed E-state index contributed by atoms with van der Waals surface area (Å²) in [6.45, 7) is 1.93. The highest BCUT2D eigenvalue weighted by molar-refractivity contribution is 5.95. The molecule has 216 valence electrons. The summed E-state index contributed by atoms with van der Waals surface area (Å²) in [5.74, 6) is -0.0180. The average Bonchev–Trinajstić information content (AvgIpc) is 3.34.